The van der Waals surface area contributed by atoms with Crippen LogP contribution in [0.15, 0.2) is 23.1 Å². The molecule has 0 unspecified atom stereocenters. The van der Waals surface area contributed by atoms with Crippen molar-refractivity contribution in [1.82, 2.24) is 4.72 Å². The molecule has 1 saturated carbocycles. The highest BCUT2D eigenvalue weighted by Crippen LogP contribution is 2.32. The van der Waals surface area contributed by atoms with Crippen LogP contribution >= 0.6 is 35.4 Å². The van der Waals surface area contributed by atoms with Gasteiger partial charge in [-0.2, -0.15) is 4.72 Å². The van der Waals surface area contributed by atoms with Gasteiger partial charge in [-0.15, -0.1) is 0 Å². The number of nitrogens with one attached hydrogen (secondary N) is 1. The average Bonchev–Trinajstić information content (AvgIpc) is 2.42. The van der Waals surface area contributed by atoms with Crippen LogP contribution in [0.2, 0.25) is 10.0 Å². The summed E-state index contributed by atoms with van der Waals surface area (Å²) in [5.41, 5.74) is 4.92. The molecule has 116 valence electrons. The van der Waals surface area contributed by atoms with Crippen LogP contribution in [0.4, 0.5) is 0 Å². The van der Waals surface area contributed by atoms with E-state index in [2.05, 4.69) is 4.72 Å². The van der Waals surface area contributed by atoms with Gasteiger partial charge in [0.1, 0.15) is 4.90 Å². The van der Waals surface area contributed by atoms with Crippen LogP contribution in [0.1, 0.15) is 32.1 Å². The van der Waals surface area contributed by atoms with Crippen molar-refractivity contribution in [2.24, 2.45) is 5.73 Å². The molecule has 8 heteroatoms. The minimum atomic E-state index is -3.85. The molecule has 0 aliphatic heterocycles. The van der Waals surface area contributed by atoms with Gasteiger partial charge in [0, 0.05) is 5.02 Å². The van der Waals surface area contributed by atoms with Crippen LogP contribution in [0.25, 0.3) is 0 Å². The maximum absolute atomic E-state index is 12.6. The molecule has 1 aromatic rings. The third-order valence-corrected chi connectivity index (χ3v) is 6.34. The van der Waals surface area contributed by atoms with Crippen molar-refractivity contribution in [3.63, 3.8) is 0 Å². The maximum atomic E-state index is 12.6. The van der Waals surface area contributed by atoms with Crippen LogP contribution in [-0.2, 0) is 10.0 Å². The lowest BCUT2D eigenvalue weighted by molar-refractivity contribution is 0.353. The Balaban J connectivity index is 2.39. The molecule has 0 bridgehead atoms. The average molecular weight is 367 g/mol. The van der Waals surface area contributed by atoms with E-state index in [1.807, 2.05) is 0 Å². The molecule has 4 nitrogen and oxygen atoms in total. The van der Waals surface area contributed by atoms with Crippen molar-refractivity contribution in [3.05, 3.63) is 28.2 Å². The van der Waals surface area contributed by atoms with Gasteiger partial charge in [-0.05, 0) is 31.0 Å². The van der Waals surface area contributed by atoms with Gasteiger partial charge in [0.25, 0.3) is 0 Å². The van der Waals surface area contributed by atoms with Crippen LogP contribution in [0, 0.1) is 0 Å². The Hall–Kier alpha value is -0.400. The molecule has 0 heterocycles. The fourth-order valence-corrected chi connectivity index (χ4v) is 5.07. The number of benzene rings is 1. The van der Waals surface area contributed by atoms with Gasteiger partial charge in [-0.25, -0.2) is 8.42 Å². The highest BCUT2D eigenvalue weighted by atomic mass is 35.5. The van der Waals surface area contributed by atoms with E-state index in [9.17, 15) is 8.42 Å². The first-order chi connectivity index (χ1) is 9.77. The molecule has 1 aromatic carbocycles. The van der Waals surface area contributed by atoms with E-state index >= 15 is 0 Å². The fraction of sp³-hybridized carbons (Fsp3) is 0.462. The second-order valence-corrected chi connectivity index (χ2v) is 8.12. The van der Waals surface area contributed by atoms with Crippen molar-refractivity contribution in [2.45, 2.75) is 42.5 Å². The summed E-state index contributed by atoms with van der Waals surface area (Å²) in [6.45, 7) is 0. The summed E-state index contributed by atoms with van der Waals surface area (Å²) in [4.78, 5) is 0.113. The first kappa shape index (κ1) is 17.0. The summed E-state index contributed by atoms with van der Waals surface area (Å²) < 4.78 is 27.9. The minimum Gasteiger partial charge on any atom is -0.392 e. The highest BCUT2D eigenvalue weighted by Gasteiger charge is 2.39. The standard InChI is InChI=1S/C13H16Cl2N2O2S2/c14-9-4-5-10(15)11(8-9)21(18,19)17-13(12(16)20)6-2-1-3-7-13/h4-5,8,17H,1-3,6-7H2,(H2,16,20). The first-order valence-corrected chi connectivity index (χ1v) is 9.20. The van der Waals surface area contributed by atoms with Crippen molar-refractivity contribution < 1.29 is 8.42 Å². The largest absolute Gasteiger partial charge is 0.392 e. The molecule has 0 amide bonds. The number of nitrogens with two attached hydrogens (primary N) is 1. The van der Waals surface area contributed by atoms with Gasteiger partial charge >= 0.3 is 0 Å². The van der Waals surface area contributed by atoms with E-state index in [-0.39, 0.29) is 14.9 Å². The summed E-state index contributed by atoms with van der Waals surface area (Å²) in [6, 6.07) is 4.31. The van der Waals surface area contributed by atoms with Crippen molar-refractivity contribution in [1.29, 1.82) is 0 Å². The Morgan fingerprint density at radius 1 is 1.24 bits per heavy atom. The van der Waals surface area contributed by atoms with Crippen LogP contribution in [-0.4, -0.2) is 18.9 Å². The van der Waals surface area contributed by atoms with E-state index in [0.717, 1.165) is 19.3 Å². The van der Waals surface area contributed by atoms with Gasteiger partial charge in [-0.3, -0.25) is 0 Å². The second-order valence-electron chi connectivity index (χ2n) is 5.19. The van der Waals surface area contributed by atoms with Gasteiger partial charge in [-0.1, -0.05) is 54.7 Å². The molecule has 0 atom stereocenters. The Morgan fingerprint density at radius 2 is 1.86 bits per heavy atom. The molecule has 1 aliphatic carbocycles. The lowest BCUT2D eigenvalue weighted by Gasteiger charge is -2.36. The van der Waals surface area contributed by atoms with Gasteiger partial charge in [0.05, 0.1) is 15.6 Å². The molecule has 0 spiro atoms. The van der Waals surface area contributed by atoms with Crippen LogP contribution < -0.4 is 10.5 Å². The summed E-state index contributed by atoms with van der Waals surface area (Å²) in [7, 11) is -3.85. The summed E-state index contributed by atoms with van der Waals surface area (Å²) >= 11 is 16.9. The van der Waals surface area contributed by atoms with Crippen molar-refractivity contribution in [2.75, 3.05) is 0 Å². The zero-order valence-electron chi connectivity index (χ0n) is 11.2. The van der Waals surface area contributed by atoms with Crippen molar-refractivity contribution in [3.8, 4) is 0 Å². The number of thiocarbonyl (C=S) groups is 1. The Bertz CT molecular complexity index is 656. The number of rotatable bonds is 4. The predicted molar refractivity (Wildman–Crippen MR) is 89.4 cm³/mol. The lowest BCUT2D eigenvalue weighted by Crippen LogP contribution is -2.57. The molecular formula is C13H16Cl2N2O2S2. The van der Waals surface area contributed by atoms with Gasteiger partial charge < -0.3 is 5.73 Å². The zero-order chi connectivity index (χ0) is 15.7. The van der Waals surface area contributed by atoms with E-state index in [0.29, 0.717) is 17.9 Å². The molecule has 0 saturated heterocycles. The number of halogens is 2. The number of hydrogen-bond acceptors (Lipinski definition) is 3. The minimum absolute atomic E-state index is 0.0575. The number of sulfonamides is 1. The molecule has 2 rings (SSSR count). The molecule has 0 radical (unpaired) electrons. The monoisotopic (exact) mass is 366 g/mol. The van der Waals surface area contributed by atoms with Gasteiger partial charge in [0.15, 0.2) is 0 Å². The van der Waals surface area contributed by atoms with Crippen LogP contribution in [0.5, 0.6) is 0 Å². The Labute approximate surface area is 140 Å². The van der Waals surface area contributed by atoms with Gasteiger partial charge in [0.2, 0.25) is 10.0 Å². The lowest BCUT2D eigenvalue weighted by atomic mass is 9.82. The third kappa shape index (κ3) is 3.68. The summed E-state index contributed by atoms with van der Waals surface area (Å²) in [5.74, 6) is 0. The molecular weight excluding hydrogens is 351 g/mol. The summed E-state index contributed by atoms with van der Waals surface area (Å²) in [6.07, 6.45) is 4.00. The molecule has 1 fully saturated rings. The zero-order valence-corrected chi connectivity index (χ0v) is 14.4. The molecule has 0 aromatic heterocycles. The quantitative estimate of drug-likeness (QED) is 0.802. The molecule has 3 N–H and O–H groups in total. The first-order valence-electron chi connectivity index (χ1n) is 6.56. The van der Waals surface area contributed by atoms with Crippen molar-refractivity contribution >= 4 is 50.4 Å². The van der Waals surface area contributed by atoms with E-state index in [4.69, 9.17) is 41.2 Å². The predicted octanol–water partition coefficient (Wildman–Crippen LogP) is 3.26. The highest BCUT2D eigenvalue weighted by molar-refractivity contribution is 7.89. The Morgan fingerprint density at radius 3 is 2.43 bits per heavy atom. The third-order valence-electron chi connectivity index (χ3n) is 3.69. The maximum Gasteiger partial charge on any atom is 0.242 e. The van der Waals surface area contributed by atoms with E-state index in [1.54, 1.807) is 0 Å². The van der Waals surface area contributed by atoms with E-state index in [1.165, 1.54) is 18.2 Å². The normalized spacial score (nSPS) is 18.4. The summed E-state index contributed by atoms with van der Waals surface area (Å²) in [5, 5.41) is 0.411. The van der Waals surface area contributed by atoms with Crippen LogP contribution in [0.3, 0.4) is 0 Å². The smallest absolute Gasteiger partial charge is 0.242 e. The topological polar surface area (TPSA) is 72.2 Å². The second kappa shape index (κ2) is 6.38. The SMILES string of the molecule is NC(=S)C1(NS(=O)(=O)c2cc(Cl)ccc2Cl)CCCCC1. The Kier molecular flexibility index (Phi) is 5.15. The fourth-order valence-electron chi connectivity index (χ4n) is 2.55. The number of hydrogen-bond donors (Lipinski definition) is 2. The molecule has 21 heavy (non-hydrogen) atoms. The van der Waals surface area contributed by atoms with E-state index < -0.39 is 15.6 Å². The molecule has 1 aliphatic rings.